The number of aromatic nitrogens is 1. The summed E-state index contributed by atoms with van der Waals surface area (Å²) >= 11 is 5.48. The Balaban J connectivity index is 3.27. The van der Waals surface area contributed by atoms with E-state index in [4.69, 9.17) is 22.1 Å². The van der Waals surface area contributed by atoms with E-state index in [-0.39, 0.29) is 17.3 Å². The van der Waals surface area contributed by atoms with Crippen molar-refractivity contribution >= 4 is 17.3 Å². The molecule has 0 aromatic carbocycles. The van der Waals surface area contributed by atoms with Crippen molar-refractivity contribution in [2.45, 2.75) is 12.3 Å². The number of anilines is 1. The summed E-state index contributed by atoms with van der Waals surface area (Å²) in [6, 6.07) is 1.44. The van der Waals surface area contributed by atoms with Crippen molar-refractivity contribution in [1.29, 1.82) is 0 Å². The van der Waals surface area contributed by atoms with Crippen LogP contribution < -0.4 is 10.5 Å². The first-order chi connectivity index (χ1) is 6.60. The lowest BCUT2D eigenvalue weighted by molar-refractivity contribution is 0.146. The van der Waals surface area contributed by atoms with Gasteiger partial charge in [-0.25, -0.2) is 13.8 Å². The maximum atomic E-state index is 12.4. The van der Waals surface area contributed by atoms with Gasteiger partial charge in [-0.2, -0.15) is 0 Å². The summed E-state index contributed by atoms with van der Waals surface area (Å²) in [5.74, 6) is 0.210. The number of nitrogens with zero attached hydrogens (tertiary/aromatic N) is 1. The first-order valence-electron chi connectivity index (χ1n) is 3.77. The van der Waals surface area contributed by atoms with Crippen LogP contribution in [0.1, 0.15) is 17.8 Å². The quantitative estimate of drug-likeness (QED) is 0.799. The molecule has 0 aliphatic carbocycles. The Morgan fingerprint density at radius 2 is 2.29 bits per heavy atom. The number of methoxy groups -OCH3 is 1. The lowest BCUT2D eigenvalue weighted by Crippen LogP contribution is -2.04. The molecule has 0 aliphatic rings. The molecule has 0 saturated heterocycles. The number of pyridine rings is 1. The third-order valence-corrected chi connectivity index (χ3v) is 1.94. The van der Waals surface area contributed by atoms with E-state index in [0.717, 1.165) is 0 Å². The van der Waals surface area contributed by atoms with Gasteiger partial charge < -0.3 is 10.5 Å². The van der Waals surface area contributed by atoms with Crippen molar-refractivity contribution in [3.8, 4) is 5.75 Å². The second-order valence-electron chi connectivity index (χ2n) is 2.55. The van der Waals surface area contributed by atoms with E-state index in [9.17, 15) is 8.78 Å². The molecule has 0 amide bonds. The van der Waals surface area contributed by atoms with Crippen LogP contribution >= 0.6 is 11.6 Å². The second kappa shape index (κ2) is 4.41. The highest BCUT2D eigenvalue weighted by Gasteiger charge is 2.18. The lowest BCUT2D eigenvalue weighted by atomic mass is 10.2. The lowest BCUT2D eigenvalue weighted by Gasteiger charge is -2.10. The van der Waals surface area contributed by atoms with Crippen molar-refractivity contribution in [2.24, 2.45) is 0 Å². The Labute approximate surface area is 84.8 Å². The molecule has 1 rings (SSSR count). The average Bonchev–Trinajstić information content (AvgIpc) is 2.17. The minimum absolute atomic E-state index is 0.0381. The topological polar surface area (TPSA) is 48.1 Å². The molecule has 3 nitrogen and oxygen atoms in total. The largest absolute Gasteiger partial charge is 0.494 e. The Bertz CT molecular complexity index is 333. The van der Waals surface area contributed by atoms with Gasteiger partial charge in [0.2, 0.25) is 0 Å². The van der Waals surface area contributed by atoms with Crippen LogP contribution in [0.3, 0.4) is 0 Å². The maximum Gasteiger partial charge on any atom is 0.282 e. The van der Waals surface area contributed by atoms with Crippen LogP contribution in [0.5, 0.6) is 5.75 Å². The van der Waals surface area contributed by atoms with Gasteiger partial charge in [-0.1, -0.05) is 0 Å². The van der Waals surface area contributed by atoms with Crippen LogP contribution in [-0.4, -0.2) is 12.1 Å². The zero-order chi connectivity index (χ0) is 10.7. The van der Waals surface area contributed by atoms with Gasteiger partial charge in [0.05, 0.1) is 18.7 Å². The number of hydrogen-bond donors (Lipinski definition) is 1. The van der Waals surface area contributed by atoms with E-state index in [0.29, 0.717) is 5.69 Å². The predicted octanol–water partition coefficient (Wildman–Crippen LogP) is 2.35. The first kappa shape index (κ1) is 11.0. The highest BCUT2D eigenvalue weighted by atomic mass is 35.5. The summed E-state index contributed by atoms with van der Waals surface area (Å²) in [7, 11) is 1.35. The van der Waals surface area contributed by atoms with Crippen molar-refractivity contribution in [3.63, 3.8) is 0 Å². The van der Waals surface area contributed by atoms with Gasteiger partial charge in [-0.3, -0.25) is 0 Å². The van der Waals surface area contributed by atoms with Gasteiger partial charge >= 0.3 is 0 Å². The van der Waals surface area contributed by atoms with Crippen LogP contribution in [0, 0.1) is 0 Å². The molecule has 0 atom stereocenters. The highest BCUT2D eigenvalue weighted by Crippen LogP contribution is 2.31. The van der Waals surface area contributed by atoms with Crippen LogP contribution in [0.4, 0.5) is 14.5 Å². The summed E-state index contributed by atoms with van der Waals surface area (Å²) in [5, 5.41) is 0. The van der Waals surface area contributed by atoms with Crippen molar-refractivity contribution < 1.29 is 13.5 Å². The van der Waals surface area contributed by atoms with E-state index in [1.165, 1.54) is 13.2 Å². The number of alkyl halides is 3. The zero-order valence-electron chi connectivity index (χ0n) is 7.43. The van der Waals surface area contributed by atoms with E-state index < -0.39 is 12.1 Å². The molecule has 0 bridgehead atoms. The molecule has 0 spiro atoms. The molecule has 0 aliphatic heterocycles. The fourth-order valence-corrected chi connectivity index (χ4v) is 1.14. The summed E-state index contributed by atoms with van der Waals surface area (Å²) in [4.78, 5) is 3.61. The summed E-state index contributed by atoms with van der Waals surface area (Å²) in [5.41, 5.74) is 5.09. The molecule has 0 fully saturated rings. The van der Waals surface area contributed by atoms with Crippen molar-refractivity contribution in [1.82, 2.24) is 4.98 Å². The second-order valence-corrected chi connectivity index (χ2v) is 2.82. The molecular weight excluding hydrogens is 214 g/mol. The number of hydrogen-bond acceptors (Lipinski definition) is 3. The third kappa shape index (κ3) is 2.04. The molecule has 2 N–H and O–H groups in total. The fraction of sp³-hybridized carbons (Fsp3) is 0.375. The monoisotopic (exact) mass is 222 g/mol. The first-order valence-corrected chi connectivity index (χ1v) is 4.31. The third-order valence-electron chi connectivity index (χ3n) is 1.67. The number of nitrogens with two attached hydrogens (primary N) is 1. The highest BCUT2D eigenvalue weighted by molar-refractivity contribution is 6.16. The summed E-state index contributed by atoms with van der Waals surface area (Å²) < 4.78 is 29.7. The van der Waals surface area contributed by atoms with Crippen molar-refractivity contribution in [3.05, 3.63) is 17.5 Å². The molecule has 0 saturated carbocycles. The van der Waals surface area contributed by atoms with Crippen LogP contribution in [0.15, 0.2) is 6.07 Å². The molecule has 0 radical (unpaired) electrons. The Hall–Kier alpha value is -1.10. The van der Waals surface area contributed by atoms with E-state index in [1.807, 2.05) is 0 Å². The Kier molecular flexibility index (Phi) is 3.46. The molecule has 6 heteroatoms. The van der Waals surface area contributed by atoms with Crippen LogP contribution in [-0.2, 0) is 5.88 Å². The molecule has 1 heterocycles. The smallest absolute Gasteiger partial charge is 0.282 e. The van der Waals surface area contributed by atoms with Crippen molar-refractivity contribution in [2.75, 3.05) is 12.8 Å². The van der Waals surface area contributed by atoms with Gasteiger partial charge in [0, 0.05) is 6.07 Å². The van der Waals surface area contributed by atoms with E-state index in [2.05, 4.69) is 4.98 Å². The number of ether oxygens (including phenoxy) is 1. The predicted molar refractivity (Wildman–Crippen MR) is 49.7 cm³/mol. The SMILES string of the molecule is COc1cc(CCl)nc(C(F)F)c1N. The van der Waals surface area contributed by atoms with E-state index in [1.54, 1.807) is 0 Å². The molecule has 0 unspecified atom stereocenters. The molecular formula is C8H9ClF2N2O. The van der Waals surface area contributed by atoms with Gasteiger partial charge in [0.25, 0.3) is 6.43 Å². The average molecular weight is 223 g/mol. The summed E-state index contributed by atoms with van der Waals surface area (Å²) in [6.07, 6.45) is -2.73. The van der Waals surface area contributed by atoms with Crippen LogP contribution in [0.25, 0.3) is 0 Å². The molecule has 1 aromatic heterocycles. The van der Waals surface area contributed by atoms with Gasteiger partial charge in [-0.05, 0) is 0 Å². The minimum Gasteiger partial charge on any atom is -0.494 e. The number of halogens is 3. The molecule has 14 heavy (non-hydrogen) atoms. The fourth-order valence-electron chi connectivity index (χ4n) is 1.01. The van der Waals surface area contributed by atoms with Crippen LogP contribution in [0.2, 0.25) is 0 Å². The minimum atomic E-state index is -2.73. The Morgan fingerprint density at radius 1 is 1.64 bits per heavy atom. The molecule has 1 aromatic rings. The van der Waals surface area contributed by atoms with E-state index >= 15 is 0 Å². The molecule has 78 valence electrons. The normalized spacial score (nSPS) is 10.6. The zero-order valence-corrected chi connectivity index (χ0v) is 8.18. The van der Waals surface area contributed by atoms with Gasteiger partial charge in [0.1, 0.15) is 17.1 Å². The summed E-state index contributed by atoms with van der Waals surface area (Å²) in [6.45, 7) is 0. The standard InChI is InChI=1S/C8H9ClF2N2O/c1-14-5-2-4(3-9)13-7(6(5)12)8(10)11/h2,8H,3,12H2,1H3. The van der Waals surface area contributed by atoms with Gasteiger partial charge in [-0.15, -0.1) is 11.6 Å². The number of nitrogen functional groups attached to an aromatic ring is 1. The van der Waals surface area contributed by atoms with Gasteiger partial charge in [0.15, 0.2) is 0 Å². The maximum absolute atomic E-state index is 12.4. The number of rotatable bonds is 3. The Morgan fingerprint density at radius 3 is 2.71 bits per heavy atom.